The summed E-state index contributed by atoms with van der Waals surface area (Å²) in [5.74, 6) is -5.64. The second-order valence-corrected chi connectivity index (χ2v) is 31.6. The summed E-state index contributed by atoms with van der Waals surface area (Å²) >= 11 is 18.9. The van der Waals surface area contributed by atoms with Gasteiger partial charge in [-0.2, -0.15) is 0 Å². The average Bonchev–Trinajstić information content (AvgIpc) is 3.80. The Morgan fingerprint density at radius 1 is 0.450 bits per heavy atom. The van der Waals surface area contributed by atoms with Crippen molar-refractivity contribution in [2.75, 3.05) is 0 Å². The van der Waals surface area contributed by atoms with E-state index in [0.717, 1.165) is 34.0 Å². The van der Waals surface area contributed by atoms with E-state index in [1.165, 1.54) is 154 Å². The van der Waals surface area contributed by atoms with Gasteiger partial charge in [0.2, 0.25) is 0 Å². The van der Waals surface area contributed by atoms with Crippen LogP contribution in [0.15, 0.2) is 11.6 Å². The maximum Gasteiger partial charge on any atom is 0 e. The Morgan fingerprint density at radius 2 is 0.625 bits per heavy atom. The van der Waals surface area contributed by atoms with Crippen molar-refractivity contribution in [1.82, 2.24) is 0 Å². The number of hydrogen-bond donors (Lipinski definition) is 0. The molecule has 0 saturated heterocycles. The molecular formula is C35H62Cl2P2Ru. The zero-order chi connectivity index (χ0) is 27.2. The van der Waals surface area contributed by atoms with Crippen molar-refractivity contribution in [3.8, 4) is 0 Å². The molecular weight excluding hydrogens is 654 g/mol. The summed E-state index contributed by atoms with van der Waals surface area (Å²) in [6.45, 7) is 4.89. The topological polar surface area (TPSA) is 0 Å². The molecule has 6 saturated carbocycles. The van der Waals surface area contributed by atoms with E-state index in [-0.39, 0.29) is 19.5 Å². The average molecular weight is 717 g/mol. The fourth-order valence-corrected chi connectivity index (χ4v) is 44.3. The Bertz CT molecular complexity index is 728. The molecule has 0 nitrogen and oxygen atoms in total. The van der Waals surface area contributed by atoms with Gasteiger partial charge in [-0.3, -0.25) is 0 Å². The summed E-state index contributed by atoms with van der Waals surface area (Å²) in [7, 11) is 0. The van der Waals surface area contributed by atoms with E-state index in [9.17, 15) is 22.5 Å². The number of allylic oxidation sites excluding steroid dienone is 2. The van der Waals surface area contributed by atoms with Crippen LogP contribution in [0.1, 0.15) is 168 Å². The van der Waals surface area contributed by atoms with Gasteiger partial charge in [0.25, 0.3) is 0 Å². The first kappa shape index (κ1) is 33.2. The van der Waals surface area contributed by atoms with Crippen LogP contribution in [0.25, 0.3) is 0 Å². The van der Waals surface area contributed by atoms with E-state index in [2.05, 4.69) is 19.9 Å². The first-order valence-electron chi connectivity index (χ1n) is 17.9. The Labute approximate surface area is 271 Å². The summed E-state index contributed by atoms with van der Waals surface area (Å²) in [6.07, 6.45) is 37.4. The van der Waals surface area contributed by atoms with Gasteiger partial charge in [0.05, 0.1) is 0 Å². The van der Waals surface area contributed by atoms with E-state index in [1.807, 2.05) is 0 Å². The first-order chi connectivity index (χ1) is 18.8. The van der Waals surface area contributed by atoms with Crippen molar-refractivity contribution >= 4 is 34.4 Å². The van der Waals surface area contributed by atoms with Crippen molar-refractivity contribution in [2.45, 2.75) is 207 Å². The molecule has 0 radical (unpaired) electrons. The molecule has 0 spiro atoms. The molecule has 0 atom stereocenters. The molecule has 0 aliphatic heterocycles. The van der Waals surface area contributed by atoms with Crippen LogP contribution in [0, 0.1) is 0 Å². The van der Waals surface area contributed by atoms with Crippen LogP contribution in [0.3, 0.4) is 0 Å². The second kappa shape index (κ2) is 12.9. The van der Waals surface area contributed by atoms with E-state index < -0.39 is 11.9 Å². The van der Waals surface area contributed by atoms with Crippen molar-refractivity contribution in [1.29, 1.82) is 0 Å². The summed E-state index contributed by atoms with van der Waals surface area (Å²) in [6, 6.07) is 0. The van der Waals surface area contributed by atoms with Crippen molar-refractivity contribution < 1.29 is 19.5 Å². The Balaban J connectivity index is 0.00000323. The predicted molar refractivity (Wildman–Crippen MR) is 182 cm³/mol. The molecule has 0 bridgehead atoms. The zero-order valence-corrected chi connectivity index (χ0v) is 31.1. The van der Waals surface area contributed by atoms with Crippen LogP contribution in [0.5, 0.6) is 0 Å². The minimum atomic E-state index is -2.82. The van der Waals surface area contributed by atoms with E-state index in [4.69, 9.17) is 0 Å². The number of rotatable bonds is 9. The standard InChI is InChI=1S/C35H62Cl2P2.Ru/c1-28(2)27-35(38(36,29-15-3-4-16-29,30-17-5-6-18-30)31-19-7-8-20-31)39(37,32-21-9-10-22-32,33-23-11-12-24-33)34-25-13-14-26-34;/h27,29-35H,3-26H2,1-2H3;. The molecule has 6 aliphatic carbocycles. The second-order valence-electron chi connectivity index (χ2n) is 15.9. The zero-order valence-electron chi connectivity index (χ0n) is 26.1. The predicted octanol–water partition coefficient (Wildman–Crippen LogP) is 13.3. The fourth-order valence-electron chi connectivity index (χ4n) is 12.9. The largest absolute Gasteiger partial charge is 0 e. The normalized spacial score (nSPS) is 29.8. The molecule has 0 aromatic rings. The van der Waals surface area contributed by atoms with Crippen LogP contribution in [0.2, 0.25) is 0 Å². The van der Waals surface area contributed by atoms with Gasteiger partial charge < -0.3 is 0 Å². The molecule has 0 aromatic carbocycles. The third kappa shape index (κ3) is 4.79. The quantitative estimate of drug-likeness (QED) is 0.127. The molecule has 234 valence electrons. The third-order valence-corrected chi connectivity index (χ3v) is 39.2. The summed E-state index contributed by atoms with van der Waals surface area (Å²) < 4.78 is 0. The third-order valence-electron chi connectivity index (χ3n) is 14.2. The smallest absolute Gasteiger partial charge is 0 e. The van der Waals surface area contributed by atoms with Gasteiger partial charge in [-0.25, -0.2) is 0 Å². The summed E-state index contributed by atoms with van der Waals surface area (Å²) in [5.41, 5.74) is 6.36. The van der Waals surface area contributed by atoms with Crippen LogP contribution >= 0.6 is 34.4 Å². The summed E-state index contributed by atoms with van der Waals surface area (Å²) in [5, 5.41) is 0.568. The first-order valence-corrected chi connectivity index (χ1v) is 24.8. The van der Waals surface area contributed by atoms with Gasteiger partial charge in [-0.15, -0.1) is 0 Å². The molecule has 0 amide bonds. The van der Waals surface area contributed by atoms with Crippen LogP contribution in [-0.2, 0) is 19.5 Å². The molecule has 0 unspecified atom stereocenters. The van der Waals surface area contributed by atoms with Crippen LogP contribution in [-0.4, -0.2) is 39.4 Å². The van der Waals surface area contributed by atoms with Gasteiger partial charge in [0.1, 0.15) is 0 Å². The molecule has 40 heavy (non-hydrogen) atoms. The fraction of sp³-hybridized carbons (Fsp3) is 0.943. The molecule has 0 N–H and O–H groups in total. The monoisotopic (exact) mass is 716 g/mol. The summed E-state index contributed by atoms with van der Waals surface area (Å²) in [4.78, 5) is 0. The van der Waals surface area contributed by atoms with Gasteiger partial charge in [0.15, 0.2) is 0 Å². The molecule has 0 aromatic heterocycles. The molecule has 0 heterocycles. The van der Waals surface area contributed by atoms with Gasteiger partial charge in [-0.1, -0.05) is 0 Å². The van der Waals surface area contributed by atoms with E-state index >= 15 is 0 Å². The minimum absolute atomic E-state index is 0. The Morgan fingerprint density at radius 3 is 0.775 bits per heavy atom. The molecule has 6 rings (SSSR count). The van der Waals surface area contributed by atoms with Gasteiger partial charge in [-0.05, 0) is 0 Å². The van der Waals surface area contributed by atoms with Crippen molar-refractivity contribution in [3.63, 3.8) is 0 Å². The van der Waals surface area contributed by atoms with E-state index in [1.54, 1.807) is 5.57 Å². The number of halogens is 2. The molecule has 5 heteroatoms. The Hall–Kier alpha value is 1.80. The molecule has 6 aliphatic rings. The number of hydrogen-bond acceptors (Lipinski definition) is 0. The maximum absolute atomic E-state index is 9.47. The van der Waals surface area contributed by atoms with Gasteiger partial charge in [0, 0.05) is 19.5 Å². The van der Waals surface area contributed by atoms with Crippen LogP contribution in [0.4, 0.5) is 0 Å². The SMILES string of the molecule is CC(C)=CC(P(Cl)(C1CCCC1)(C1CCCC1)C1CCCC1)P(Cl)(C1CCCC1)(C1CCCC1)C1CCCC1.[Ru]. The minimum Gasteiger partial charge on any atom is 0 e. The van der Waals surface area contributed by atoms with Gasteiger partial charge >= 0.3 is 253 Å². The van der Waals surface area contributed by atoms with Crippen LogP contribution < -0.4 is 0 Å². The molecule has 6 fully saturated rings. The van der Waals surface area contributed by atoms with Crippen molar-refractivity contribution in [2.24, 2.45) is 0 Å². The Kier molecular flexibility index (Phi) is 10.7. The van der Waals surface area contributed by atoms with E-state index in [0.29, 0.717) is 5.40 Å². The maximum atomic E-state index is 9.47. The van der Waals surface area contributed by atoms with Crippen molar-refractivity contribution in [3.05, 3.63) is 11.6 Å².